The van der Waals surface area contributed by atoms with Gasteiger partial charge >= 0.3 is 5.69 Å². The average molecular weight is 281 g/mol. The molecule has 2 heterocycles. The first-order valence-corrected chi connectivity index (χ1v) is 6.10. The zero-order valence-electron chi connectivity index (χ0n) is 10.9. The standard InChI is InChI=1S/C11H15N5O4/c1-12-9(18)7-5-13-2-3-16(7)10(19)6-4-14-11(20)15-8(6)17/h4,7,13H,2-3,5H2,1H3,(H,12,18)(H2,14,15,17,20). The number of rotatable bonds is 2. The van der Waals surface area contributed by atoms with Gasteiger partial charge in [-0.15, -0.1) is 0 Å². The maximum atomic E-state index is 12.3. The lowest BCUT2D eigenvalue weighted by Gasteiger charge is -2.34. The topological polar surface area (TPSA) is 127 Å². The van der Waals surface area contributed by atoms with E-state index in [0.29, 0.717) is 19.6 Å². The second-order valence-corrected chi connectivity index (χ2v) is 4.32. The predicted octanol–water partition coefficient (Wildman–Crippen LogP) is -2.78. The fourth-order valence-corrected chi connectivity index (χ4v) is 2.07. The van der Waals surface area contributed by atoms with E-state index in [1.165, 1.54) is 11.9 Å². The van der Waals surface area contributed by atoms with Crippen molar-refractivity contribution < 1.29 is 9.59 Å². The Morgan fingerprint density at radius 3 is 2.80 bits per heavy atom. The number of likely N-dealkylation sites (N-methyl/N-ethyl adjacent to an activating group) is 1. The number of hydrogen-bond acceptors (Lipinski definition) is 5. The van der Waals surface area contributed by atoms with Crippen molar-refractivity contribution >= 4 is 11.8 Å². The van der Waals surface area contributed by atoms with Crippen LogP contribution in [0.25, 0.3) is 0 Å². The summed E-state index contributed by atoms with van der Waals surface area (Å²) < 4.78 is 0. The van der Waals surface area contributed by atoms with Crippen LogP contribution >= 0.6 is 0 Å². The molecule has 0 saturated carbocycles. The molecule has 1 fully saturated rings. The van der Waals surface area contributed by atoms with Crippen molar-refractivity contribution in [3.8, 4) is 0 Å². The Labute approximate surface area is 113 Å². The van der Waals surface area contributed by atoms with Gasteiger partial charge in [0.25, 0.3) is 11.5 Å². The highest BCUT2D eigenvalue weighted by Crippen LogP contribution is 2.07. The summed E-state index contributed by atoms with van der Waals surface area (Å²) in [5, 5.41) is 5.49. The van der Waals surface area contributed by atoms with Crippen molar-refractivity contribution in [2.45, 2.75) is 6.04 Å². The van der Waals surface area contributed by atoms with Gasteiger partial charge in [-0.05, 0) is 0 Å². The molecule has 4 N–H and O–H groups in total. The Bertz CT molecular complexity index is 634. The third-order valence-electron chi connectivity index (χ3n) is 3.10. The molecule has 1 aliphatic heterocycles. The average Bonchev–Trinajstić information content (AvgIpc) is 2.46. The lowest BCUT2D eigenvalue weighted by molar-refractivity contribution is -0.125. The number of carbonyl (C=O) groups excluding carboxylic acids is 2. The summed E-state index contributed by atoms with van der Waals surface area (Å²) in [6.07, 6.45) is 1.06. The number of nitrogens with zero attached hydrogens (tertiary/aromatic N) is 1. The molecule has 0 radical (unpaired) electrons. The molecular weight excluding hydrogens is 266 g/mol. The molecule has 1 aromatic heterocycles. The molecule has 1 aromatic rings. The highest BCUT2D eigenvalue weighted by atomic mass is 16.2. The van der Waals surface area contributed by atoms with Gasteiger partial charge in [-0.1, -0.05) is 0 Å². The number of H-pyrrole nitrogens is 2. The molecule has 108 valence electrons. The largest absolute Gasteiger partial charge is 0.357 e. The molecule has 0 bridgehead atoms. The molecule has 1 aliphatic rings. The number of carbonyl (C=O) groups is 2. The third-order valence-corrected chi connectivity index (χ3v) is 3.10. The summed E-state index contributed by atoms with van der Waals surface area (Å²) in [6.45, 7) is 1.14. The molecule has 0 aromatic carbocycles. The maximum Gasteiger partial charge on any atom is 0.325 e. The highest BCUT2D eigenvalue weighted by Gasteiger charge is 2.33. The molecular formula is C11H15N5O4. The van der Waals surface area contributed by atoms with E-state index in [1.807, 2.05) is 4.98 Å². The Kier molecular flexibility index (Phi) is 3.99. The van der Waals surface area contributed by atoms with Crippen LogP contribution in [0.1, 0.15) is 10.4 Å². The minimum atomic E-state index is -0.770. The van der Waals surface area contributed by atoms with Crippen LogP contribution in [0.15, 0.2) is 15.8 Å². The van der Waals surface area contributed by atoms with Gasteiger partial charge in [0.2, 0.25) is 5.91 Å². The Hall–Kier alpha value is -2.42. The fraction of sp³-hybridized carbons (Fsp3) is 0.455. The van der Waals surface area contributed by atoms with Gasteiger partial charge in [0.05, 0.1) is 0 Å². The molecule has 2 amide bonds. The first-order chi connectivity index (χ1) is 9.54. The number of amides is 2. The van der Waals surface area contributed by atoms with E-state index in [4.69, 9.17) is 0 Å². The summed E-state index contributed by atoms with van der Waals surface area (Å²) in [4.78, 5) is 52.2. The number of hydrogen-bond donors (Lipinski definition) is 4. The lowest BCUT2D eigenvalue weighted by atomic mass is 10.1. The van der Waals surface area contributed by atoms with Crippen molar-refractivity contribution in [2.75, 3.05) is 26.7 Å². The first-order valence-electron chi connectivity index (χ1n) is 6.10. The summed E-state index contributed by atoms with van der Waals surface area (Å²) in [5.74, 6) is -0.899. The van der Waals surface area contributed by atoms with Crippen LogP contribution in [0.5, 0.6) is 0 Å². The van der Waals surface area contributed by atoms with Gasteiger partial charge < -0.3 is 20.5 Å². The van der Waals surface area contributed by atoms with Gasteiger partial charge in [0, 0.05) is 32.9 Å². The number of nitrogens with one attached hydrogen (secondary N) is 4. The Morgan fingerprint density at radius 2 is 2.15 bits per heavy atom. The molecule has 9 heteroatoms. The fourth-order valence-electron chi connectivity index (χ4n) is 2.07. The van der Waals surface area contributed by atoms with E-state index in [1.54, 1.807) is 0 Å². The van der Waals surface area contributed by atoms with Gasteiger partial charge in [-0.25, -0.2) is 4.79 Å². The van der Waals surface area contributed by atoms with Crippen LogP contribution in [0, 0.1) is 0 Å². The zero-order chi connectivity index (χ0) is 14.7. The zero-order valence-corrected chi connectivity index (χ0v) is 10.9. The van der Waals surface area contributed by atoms with Crippen LogP contribution in [0.4, 0.5) is 0 Å². The first kappa shape index (κ1) is 14.0. The molecule has 1 atom stereocenters. The molecule has 1 saturated heterocycles. The third kappa shape index (κ3) is 2.62. The second kappa shape index (κ2) is 5.70. The molecule has 0 aliphatic carbocycles. The summed E-state index contributed by atoms with van der Waals surface area (Å²) in [6, 6.07) is -0.687. The predicted molar refractivity (Wildman–Crippen MR) is 69.4 cm³/mol. The smallest absolute Gasteiger partial charge is 0.325 e. The Balaban J connectivity index is 2.32. The van der Waals surface area contributed by atoms with E-state index < -0.39 is 23.2 Å². The number of aromatic nitrogens is 2. The van der Waals surface area contributed by atoms with E-state index in [0.717, 1.165) is 6.20 Å². The number of piperazine rings is 1. The molecule has 1 unspecified atom stereocenters. The SMILES string of the molecule is CNC(=O)C1CNCCN1C(=O)c1c[nH]c(=O)[nH]c1=O. The highest BCUT2D eigenvalue weighted by molar-refractivity contribution is 5.97. The van der Waals surface area contributed by atoms with Crippen LogP contribution in [0.2, 0.25) is 0 Å². The van der Waals surface area contributed by atoms with Crippen molar-refractivity contribution in [3.63, 3.8) is 0 Å². The van der Waals surface area contributed by atoms with Crippen LogP contribution < -0.4 is 21.9 Å². The van der Waals surface area contributed by atoms with Gasteiger partial charge in [-0.3, -0.25) is 19.4 Å². The van der Waals surface area contributed by atoms with Crippen LogP contribution in [-0.2, 0) is 4.79 Å². The van der Waals surface area contributed by atoms with Crippen molar-refractivity contribution in [1.29, 1.82) is 0 Å². The normalized spacial score (nSPS) is 18.6. The Morgan fingerprint density at radius 1 is 1.40 bits per heavy atom. The monoisotopic (exact) mass is 281 g/mol. The van der Waals surface area contributed by atoms with E-state index in [2.05, 4.69) is 15.6 Å². The van der Waals surface area contributed by atoms with E-state index >= 15 is 0 Å². The quantitative estimate of drug-likeness (QED) is 0.466. The molecule has 9 nitrogen and oxygen atoms in total. The summed E-state index contributed by atoms with van der Waals surface area (Å²) in [5.41, 5.74) is -1.65. The van der Waals surface area contributed by atoms with Gasteiger partial charge in [-0.2, -0.15) is 0 Å². The summed E-state index contributed by atoms with van der Waals surface area (Å²) >= 11 is 0. The van der Waals surface area contributed by atoms with Crippen molar-refractivity contribution in [3.05, 3.63) is 32.6 Å². The lowest BCUT2D eigenvalue weighted by Crippen LogP contribution is -2.59. The van der Waals surface area contributed by atoms with E-state index in [9.17, 15) is 19.2 Å². The van der Waals surface area contributed by atoms with E-state index in [-0.39, 0.29) is 11.5 Å². The maximum absolute atomic E-state index is 12.3. The molecule has 2 rings (SSSR count). The minimum Gasteiger partial charge on any atom is -0.357 e. The van der Waals surface area contributed by atoms with Crippen molar-refractivity contribution in [2.24, 2.45) is 0 Å². The summed E-state index contributed by atoms with van der Waals surface area (Å²) in [7, 11) is 1.48. The number of aromatic amines is 2. The molecule has 20 heavy (non-hydrogen) atoms. The second-order valence-electron chi connectivity index (χ2n) is 4.32. The minimum absolute atomic E-state index is 0.194. The van der Waals surface area contributed by atoms with Crippen LogP contribution in [0.3, 0.4) is 0 Å². The van der Waals surface area contributed by atoms with Crippen molar-refractivity contribution in [1.82, 2.24) is 25.5 Å². The van der Waals surface area contributed by atoms with Gasteiger partial charge in [0.15, 0.2) is 0 Å². The van der Waals surface area contributed by atoms with Gasteiger partial charge in [0.1, 0.15) is 11.6 Å². The molecule has 0 spiro atoms. The van der Waals surface area contributed by atoms with Crippen LogP contribution in [-0.4, -0.2) is 59.4 Å².